The zero-order chi connectivity index (χ0) is 16.8. The minimum Gasteiger partial charge on any atom is -0.384 e. The van der Waals surface area contributed by atoms with E-state index >= 15 is 0 Å². The predicted molar refractivity (Wildman–Crippen MR) is 97.6 cm³/mol. The number of benzene rings is 2. The van der Waals surface area contributed by atoms with Crippen molar-refractivity contribution in [3.8, 4) is 11.3 Å². The van der Waals surface area contributed by atoms with E-state index in [0.717, 1.165) is 29.8 Å². The number of nitrogens with two attached hydrogens (primary N) is 1. The summed E-state index contributed by atoms with van der Waals surface area (Å²) in [6.45, 7) is 0.642. The van der Waals surface area contributed by atoms with Crippen LogP contribution in [0.25, 0.3) is 11.3 Å². The van der Waals surface area contributed by atoms with Gasteiger partial charge >= 0.3 is 0 Å². The number of aromatic nitrogens is 1. The largest absolute Gasteiger partial charge is 0.384 e. The molecule has 1 amide bonds. The van der Waals surface area contributed by atoms with Crippen molar-refractivity contribution in [1.29, 1.82) is 0 Å². The van der Waals surface area contributed by atoms with Crippen LogP contribution >= 0.6 is 0 Å². The van der Waals surface area contributed by atoms with E-state index in [9.17, 15) is 4.79 Å². The molecule has 24 heavy (non-hydrogen) atoms. The van der Waals surface area contributed by atoms with Gasteiger partial charge in [0.05, 0.1) is 5.69 Å². The maximum atomic E-state index is 11.4. The number of anilines is 2. The Morgan fingerprint density at radius 2 is 1.67 bits per heavy atom. The maximum absolute atomic E-state index is 11.4. The zero-order valence-corrected chi connectivity index (χ0v) is 13.3. The number of hydrogen-bond donors (Lipinski definition) is 1. The van der Waals surface area contributed by atoms with Gasteiger partial charge in [0, 0.05) is 17.8 Å². The molecule has 0 bridgehead atoms. The Bertz CT molecular complexity index is 801. The lowest BCUT2D eigenvalue weighted by Gasteiger charge is -2.18. The summed E-state index contributed by atoms with van der Waals surface area (Å²) >= 11 is 0. The normalized spacial score (nSPS) is 10.3. The van der Waals surface area contributed by atoms with Crippen LogP contribution in [0.15, 0.2) is 72.8 Å². The maximum Gasteiger partial charge on any atom is 0.214 e. The molecule has 3 rings (SSSR count). The quantitative estimate of drug-likeness (QED) is 0.707. The summed E-state index contributed by atoms with van der Waals surface area (Å²) in [5.74, 6) is 0.494. The predicted octanol–water partition coefficient (Wildman–Crippen LogP) is 3.54. The summed E-state index contributed by atoms with van der Waals surface area (Å²) in [4.78, 5) is 17.4. The number of pyridine rings is 1. The highest BCUT2D eigenvalue weighted by Crippen LogP contribution is 2.22. The molecule has 0 spiro atoms. The zero-order valence-electron chi connectivity index (χ0n) is 13.3. The summed E-state index contributed by atoms with van der Waals surface area (Å²) < 4.78 is 0. The second kappa shape index (κ2) is 7.42. The first-order valence-corrected chi connectivity index (χ1v) is 7.85. The van der Waals surface area contributed by atoms with Crippen molar-refractivity contribution in [3.63, 3.8) is 0 Å². The number of nitrogen functional groups attached to an aromatic ring is 1. The van der Waals surface area contributed by atoms with Crippen LogP contribution in [0.2, 0.25) is 0 Å². The van der Waals surface area contributed by atoms with Gasteiger partial charge in [-0.1, -0.05) is 48.5 Å². The highest BCUT2D eigenvalue weighted by Gasteiger charge is 2.07. The number of rotatable bonds is 6. The average molecular weight is 317 g/mol. The van der Waals surface area contributed by atoms with Crippen molar-refractivity contribution in [2.24, 2.45) is 0 Å². The third-order valence-corrected chi connectivity index (χ3v) is 3.88. The molecule has 3 aromatic rings. The minimum absolute atomic E-state index is 0.494. The van der Waals surface area contributed by atoms with Crippen molar-refractivity contribution in [2.75, 3.05) is 17.2 Å². The summed E-state index contributed by atoms with van der Waals surface area (Å²) in [6, 6.07) is 23.5. The van der Waals surface area contributed by atoms with E-state index < -0.39 is 0 Å². The molecule has 0 radical (unpaired) electrons. The monoisotopic (exact) mass is 317 g/mol. The third kappa shape index (κ3) is 3.79. The van der Waals surface area contributed by atoms with E-state index in [0.29, 0.717) is 12.4 Å². The number of nitrogens with zero attached hydrogens (tertiary/aromatic N) is 2. The molecule has 0 aliphatic heterocycles. The first-order valence-electron chi connectivity index (χ1n) is 7.85. The van der Waals surface area contributed by atoms with Crippen LogP contribution in [0.3, 0.4) is 0 Å². The third-order valence-electron chi connectivity index (χ3n) is 3.88. The van der Waals surface area contributed by atoms with Crippen LogP contribution in [0.5, 0.6) is 0 Å². The van der Waals surface area contributed by atoms with Crippen molar-refractivity contribution in [3.05, 3.63) is 78.4 Å². The van der Waals surface area contributed by atoms with E-state index in [1.807, 2.05) is 54.6 Å². The van der Waals surface area contributed by atoms with Crippen LogP contribution < -0.4 is 10.6 Å². The smallest absolute Gasteiger partial charge is 0.214 e. The van der Waals surface area contributed by atoms with E-state index in [1.165, 1.54) is 5.56 Å². The molecule has 0 saturated carbocycles. The molecule has 1 aromatic heterocycles. The fraction of sp³-hybridized carbons (Fsp3) is 0.100. The van der Waals surface area contributed by atoms with Crippen molar-refractivity contribution in [1.82, 2.24) is 4.98 Å². The van der Waals surface area contributed by atoms with Gasteiger partial charge in [0.1, 0.15) is 5.82 Å². The van der Waals surface area contributed by atoms with Crippen LogP contribution in [0.1, 0.15) is 5.56 Å². The summed E-state index contributed by atoms with van der Waals surface area (Å²) in [7, 11) is 0. The number of hydrogen-bond acceptors (Lipinski definition) is 3. The lowest BCUT2D eigenvalue weighted by atomic mass is 10.1. The van der Waals surface area contributed by atoms with Crippen LogP contribution in [0.4, 0.5) is 11.5 Å². The van der Waals surface area contributed by atoms with Crippen molar-refractivity contribution in [2.45, 2.75) is 6.42 Å². The number of carbonyl (C=O) groups excluding carboxylic acids is 1. The molecule has 2 aromatic carbocycles. The Labute approximate surface area is 141 Å². The van der Waals surface area contributed by atoms with E-state index in [2.05, 4.69) is 17.1 Å². The molecule has 0 aliphatic carbocycles. The second-order valence-electron chi connectivity index (χ2n) is 5.53. The molecule has 0 saturated heterocycles. The molecule has 0 fully saturated rings. The summed E-state index contributed by atoms with van der Waals surface area (Å²) in [6.07, 6.45) is 1.69. The molecule has 4 nitrogen and oxygen atoms in total. The van der Waals surface area contributed by atoms with Gasteiger partial charge in [-0.25, -0.2) is 4.98 Å². The SMILES string of the molecule is Nc1cccc(-c2ccc(N(C=O)CCc3ccccc3)cc2)n1. The molecule has 1 heterocycles. The van der Waals surface area contributed by atoms with Crippen molar-refractivity contribution < 1.29 is 4.79 Å². The minimum atomic E-state index is 0.494. The first-order chi connectivity index (χ1) is 11.8. The fourth-order valence-corrected chi connectivity index (χ4v) is 2.57. The Kier molecular flexibility index (Phi) is 4.87. The van der Waals surface area contributed by atoms with Gasteiger partial charge < -0.3 is 10.6 Å². The highest BCUT2D eigenvalue weighted by molar-refractivity contribution is 5.76. The van der Waals surface area contributed by atoms with Crippen LogP contribution in [-0.4, -0.2) is 17.9 Å². The Morgan fingerprint density at radius 1 is 0.917 bits per heavy atom. The molecule has 0 atom stereocenters. The highest BCUT2D eigenvalue weighted by atomic mass is 16.1. The van der Waals surface area contributed by atoms with E-state index in [4.69, 9.17) is 5.73 Å². The molecule has 120 valence electrons. The van der Waals surface area contributed by atoms with Crippen LogP contribution in [-0.2, 0) is 11.2 Å². The summed E-state index contributed by atoms with van der Waals surface area (Å²) in [5, 5.41) is 0. The van der Waals surface area contributed by atoms with E-state index in [-0.39, 0.29) is 0 Å². The Morgan fingerprint density at radius 3 is 2.33 bits per heavy atom. The van der Waals surface area contributed by atoms with Gasteiger partial charge in [-0.2, -0.15) is 0 Å². The van der Waals surface area contributed by atoms with E-state index in [1.54, 1.807) is 11.0 Å². The summed E-state index contributed by atoms with van der Waals surface area (Å²) in [5.41, 5.74) is 9.60. The Hall–Kier alpha value is -3.14. The topological polar surface area (TPSA) is 59.2 Å². The second-order valence-corrected chi connectivity index (χ2v) is 5.53. The van der Waals surface area contributed by atoms with Gasteiger partial charge in [0.2, 0.25) is 6.41 Å². The molecular formula is C20H19N3O. The lowest BCUT2D eigenvalue weighted by Crippen LogP contribution is -2.23. The molecule has 0 aliphatic rings. The van der Waals surface area contributed by atoms with Gasteiger partial charge in [0.15, 0.2) is 0 Å². The van der Waals surface area contributed by atoms with Gasteiger partial charge in [-0.3, -0.25) is 4.79 Å². The molecule has 2 N–H and O–H groups in total. The molecule has 0 unspecified atom stereocenters. The molecule has 4 heteroatoms. The van der Waals surface area contributed by atoms with Crippen molar-refractivity contribution >= 4 is 17.9 Å². The average Bonchev–Trinajstić information content (AvgIpc) is 2.64. The van der Waals surface area contributed by atoms with Gasteiger partial charge in [-0.05, 0) is 36.2 Å². The lowest BCUT2D eigenvalue weighted by molar-refractivity contribution is -0.107. The Balaban J connectivity index is 1.72. The first kappa shape index (κ1) is 15.7. The number of amides is 1. The molecular weight excluding hydrogens is 298 g/mol. The number of carbonyl (C=O) groups is 1. The standard InChI is InChI=1S/C20H19N3O/c21-20-8-4-7-19(22-20)17-9-11-18(12-10-17)23(15-24)14-13-16-5-2-1-3-6-16/h1-12,15H,13-14H2,(H2,21,22). The van der Waals surface area contributed by atoms with Gasteiger partial charge in [-0.15, -0.1) is 0 Å². The van der Waals surface area contributed by atoms with Gasteiger partial charge in [0.25, 0.3) is 0 Å². The van der Waals surface area contributed by atoms with Crippen LogP contribution in [0, 0.1) is 0 Å². The fourth-order valence-electron chi connectivity index (χ4n) is 2.57.